The SMILES string of the molecule is COc1cc2c(cc1OCCCOS(C)(=O)=O)N=C[C@@H]1CCCN1C2=O. The van der Waals surface area contributed by atoms with Gasteiger partial charge >= 0.3 is 0 Å². The normalized spacial score (nSPS) is 19.1. The molecule has 0 bridgehead atoms. The summed E-state index contributed by atoms with van der Waals surface area (Å²) in [6, 6.07) is 3.37. The van der Waals surface area contributed by atoms with E-state index in [1.807, 2.05) is 11.1 Å². The number of aliphatic imine (C=N–C) groups is 1. The van der Waals surface area contributed by atoms with Gasteiger partial charge in [0, 0.05) is 25.2 Å². The standard InChI is InChI=1S/C17H22N2O6S/c1-23-15-9-13-14(18-11-12-5-3-6-19(12)17(13)20)10-16(15)24-7-4-8-25-26(2,21)22/h9-12H,3-8H2,1-2H3/t12-/m0/s1. The molecule has 0 saturated carbocycles. The minimum Gasteiger partial charge on any atom is -0.493 e. The molecule has 1 fully saturated rings. The summed E-state index contributed by atoms with van der Waals surface area (Å²) in [5, 5.41) is 0. The van der Waals surface area contributed by atoms with Gasteiger partial charge in [0.2, 0.25) is 0 Å². The number of carbonyl (C=O) groups excluding carboxylic acids is 1. The maximum absolute atomic E-state index is 12.8. The molecule has 9 heteroatoms. The molecular weight excluding hydrogens is 360 g/mol. The Hall–Kier alpha value is -2.13. The van der Waals surface area contributed by atoms with E-state index >= 15 is 0 Å². The van der Waals surface area contributed by atoms with Crippen LogP contribution in [-0.4, -0.2) is 64.6 Å². The number of ether oxygens (including phenoxy) is 2. The highest BCUT2D eigenvalue weighted by atomic mass is 32.2. The van der Waals surface area contributed by atoms with Crippen LogP contribution in [0.25, 0.3) is 0 Å². The van der Waals surface area contributed by atoms with E-state index in [2.05, 4.69) is 9.18 Å². The van der Waals surface area contributed by atoms with Gasteiger partial charge in [0.1, 0.15) is 0 Å². The highest BCUT2D eigenvalue weighted by molar-refractivity contribution is 7.85. The minimum absolute atomic E-state index is 0.0402. The number of nitrogens with zero attached hydrogens (tertiary/aromatic N) is 2. The van der Waals surface area contributed by atoms with Gasteiger partial charge in [-0.25, -0.2) is 0 Å². The molecule has 1 atom stereocenters. The van der Waals surface area contributed by atoms with Crippen molar-refractivity contribution in [3.05, 3.63) is 17.7 Å². The Balaban J connectivity index is 1.74. The fraction of sp³-hybridized carbons (Fsp3) is 0.529. The molecule has 0 unspecified atom stereocenters. The first-order valence-corrected chi connectivity index (χ1v) is 10.2. The van der Waals surface area contributed by atoms with Gasteiger partial charge in [0.15, 0.2) is 11.5 Å². The van der Waals surface area contributed by atoms with Crippen molar-refractivity contribution >= 4 is 27.9 Å². The van der Waals surface area contributed by atoms with Crippen LogP contribution in [0.4, 0.5) is 5.69 Å². The fourth-order valence-electron chi connectivity index (χ4n) is 3.07. The van der Waals surface area contributed by atoms with Crippen LogP contribution in [-0.2, 0) is 14.3 Å². The molecule has 3 rings (SSSR count). The Morgan fingerprint density at radius 1 is 1.27 bits per heavy atom. The topological polar surface area (TPSA) is 94.5 Å². The number of rotatable bonds is 7. The van der Waals surface area contributed by atoms with Crippen LogP contribution in [0.5, 0.6) is 11.5 Å². The lowest BCUT2D eigenvalue weighted by Crippen LogP contribution is -2.35. The predicted octanol–water partition coefficient (Wildman–Crippen LogP) is 1.76. The quantitative estimate of drug-likeness (QED) is 0.527. The van der Waals surface area contributed by atoms with Crippen molar-refractivity contribution in [2.24, 2.45) is 4.99 Å². The molecule has 0 aromatic heterocycles. The van der Waals surface area contributed by atoms with Crippen molar-refractivity contribution in [1.29, 1.82) is 0 Å². The zero-order chi connectivity index (χ0) is 18.7. The van der Waals surface area contributed by atoms with E-state index in [4.69, 9.17) is 9.47 Å². The number of carbonyl (C=O) groups is 1. The number of amides is 1. The van der Waals surface area contributed by atoms with E-state index in [0.29, 0.717) is 29.2 Å². The smallest absolute Gasteiger partial charge is 0.264 e. The summed E-state index contributed by atoms with van der Waals surface area (Å²) in [6.07, 6.45) is 5.11. The largest absolute Gasteiger partial charge is 0.493 e. The lowest BCUT2D eigenvalue weighted by atomic mass is 10.1. The molecule has 0 spiro atoms. The summed E-state index contributed by atoms with van der Waals surface area (Å²) < 4.78 is 37.6. The number of fused-ring (bicyclic) bond motifs is 2. The summed E-state index contributed by atoms with van der Waals surface area (Å²) in [6.45, 7) is 1.02. The van der Waals surface area contributed by atoms with E-state index in [9.17, 15) is 13.2 Å². The van der Waals surface area contributed by atoms with E-state index in [1.165, 1.54) is 7.11 Å². The van der Waals surface area contributed by atoms with Crippen molar-refractivity contribution < 1.29 is 26.9 Å². The van der Waals surface area contributed by atoms with Crippen molar-refractivity contribution in [2.75, 3.05) is 33.1 Å². The molecule has 1 aromatic rings. The maximum atomic E-state index is 12.8. The Bertz CT molecular complexity index is 821. The van der Waals surface area contributed by atoms with Gasteiger partial charge in [-0.2, -0.15) is 8.42 Å². The second-order valence-electron chi connectivity index (χ2n) is 6.23. The molecule has 1 saturated heterocycles. The molecule has 142 valence electrons. The van der Waals surface area contributed by atoms with Gasteiger partial charge in [-0.05, 0) is 18.9 Å². The Morgan fingerprint density at radius 3 is 2.81 bits per heavy atom. The van der Waals surface area contributed by atoms with E-state index in [1.54, 1.807) is 12.1 Å². The third kappa shape index (κ3) is 4.16. The number of hydrogen-bond acceptors (Lipinski definition) is 7. The minimum atomic E-state index is -3.45. The van der Waals surface area contributed by atoms with Crippen LogP contribution in [0, 0.1) is 0 Å². The van der Waals surface area contributed by atoms with Crippen LogP contribution < -0.4 is 9.47 Å². The second-order valence-corrected chi connectivity index (χ2v) is 7.88. The molecular formula is C17H22N2O6S. The van der Waals surface area contributed by atoms with Gasteiger partial charge in [-0.3, -0.25) is 14.0 Å². The molecule has 0 aliphatic carbocycles. The van der Waals surface area contributed by atoms with Gasteiger partial charge < -0.3 is 14.4 Å². The fourth-order valence-corrected chi connectivity index (χ4v) is 3.49. The Labute approximate surface area is 152 Å². The van der Waals surface area contributed by atoms with Crippen molar-refractivity contribution in [1.82, 2.24) is 4.90 Å². The first-order valence-electron chi connectivity index (χ1n) is 8.43. The third-order valence-electron chi connectivity index (χ3n) is 4.30. The lowest BCUT2D eigenvalue weighted by Gasteiger charge is -2.20. The molecule has 1 aromatic carbocycles. The van der Waals surface area contributed by atoms with Crippen LogP contribution in [0.2, 0.25) is 0 Å². The van der Waals surface area contributed by atoms with Crippen LogP contribution in [0.1, 0.15) is 29.6 Å². The first kappa shape index (κ1) is 18.7. The molecule has 1 amide bonds. The average molecular weight is 382 g/mol. The molecule has 0 N–H and O–H groups in total. The molecule has 2 heterocycles. The Morgan fingerprint density at radius 2 is 2.08 bits per heavy atom. The van der Waals surface area contributed by atoms with Gasteiger partial charge in [-0.15, -0.1) is 0 Å². The molecule has 2 aliphatic heterocycles. The van der Waals surface area contributed by atoms with Gasteiger partial charge in [0.05, 0.1) is 43.9 Å². The zero-order valence-electron chi connectivity index (χ0n) is 14.8. The van der Waals surface area contributed by atoms with Gasteiger partial charge in [0.25, 0.3) is 16.0 Å². The zero-order valence-corrected chi connectivity index (χ0v) is 15.6. The van der Waals surface area contributed by atoms with Crippen molar-refractivity contribution in [3.8, 4) is 11.5 Å². The Kier molecular flexibility index (Phi) is 5.47. The van der Waals surface area contributed by atoms with Crippen molar-refractivity contribution in [2.45, 2.75) is 25.3 Å². The lowest BCUT2D eigenvalue weighted by molar-refractivity contribution is 0.0774. The van der Waals surface area contributed by atoms with Crippen LogP contribution in [0.3, 0.4) is 0 Å². The predicted molar refractivity (Wildman–Crippen MR) is 96.1 cm³/mol. The summed E-state index contributed by atoms with van der Waals surface area (Å²) in [5.74, 6) is 0.845. The first-order chi connectivity index (χ1) is 12.4. The van der Waals surface area contributed by atoms with E-state index < -0.39 is 10.1 Å². The number of benzene rings is 1. The second kappa shape index (κ2) is 7.63. The summed E-state index contributed by atoms with van der Waals surface area (Å²) >= 11 is 0. The monoisotopic (exact) mass is 382 g/mol. The molecule has 8 nitrogen and oxygen atoms in total. The average Bonchev–Trinajstić information content (AvgIpc) is 3.02. The van der Waals surface area contributed by atoms with Crippen LogP contribution >= 0.6 is 0 Å². The van der Waals surface area contributed by atoms with Crippen LogP contribution in [0.15, 0.2) is 17.1 Å². The molecule has 2 aliphatic rings. The van der Waals surface area contributed by atoms with Gasteiger partial charge in [-0.1, -0.05) is 0 Å². The number of methoxy groups -OCH3 is 1. The highest BCUT2D eigenvalue weighted by Crippen LogP contribution is 2.38. The summed E-state index contributed by atoms with van der Waals surface area (Å²) in [4.78, 5) is 19.1. The molecule has 26 heavy (non-hydrogen) atoms. The molecule has 0 radical (unpaired) electrons. The highest BCUT2D eigenvalue weighted by Gasteiger charge is 2.32. The maximum Gasteiger partial charge on any atom is 0.264 e. The summed E-state index contributed by atoms with van der Waals surface area (Å²) in [7, 11) is -1.95. The van der Waals surface area contributed by atoms with Crippen molar-refractivity contribution in [3.63, 3.8) is 0 Å². The van der Waals surface area contributed by atoms with E-state index in [-0.39, 0.29) is 25.2 Å². The van der Waals surface area contributed by atoms with E-state index in [0.717, 1.165) is 25.6 Å². The summed E-state index contributed by atoms with van der Waals surface area (Å²) in [5.41, 5.74) is 1.04. The number of hydrogen-bond donors (Lipinski definition) is 0. The third-order valence-corrected chi connectivity index (χ3v) is 4.90.